The van der Waals surface area contributed by atoms with Gasteiger partial charge in [0.1, 0.15) is 0 Å². The van der Waals surface area contributed by atoms with Crippen LogP contribution in [0.3, 0.4) is 0 Å². The number of carbonyl (C=O) groups excluding carboxylic acids is 4. The van der Waals surface area contributed by atoms with Crippen LogP contribution in [0.5, 0.6) is 0 Å². The number of esters is 1. The molecule has 4 rings (SSSR count). The number of likely N-dealkylation sites (tertiary alicyclic amines) is 1. The maximum Gasteiger partial charge on any atom is 0.310 e. The maximum atomic E-state index is 13.4. The lowest BCUT2D eigenvalue weighted by atomic mass is 9.77. The van der Waals surface area contributed by atoms with Crippen molar-refractivity contribution < 1.29 is 23.9 Å². The van der Waals surface area contributed by atoms with Crippen LogP contribution in [0.25, 0.3) is 0 Å². The van der Waals surface area contributed by atoms with Crippen molar-refractivity contribution in [2.45, 2.75) is 38.5 Å². The van der Waals surface area contributed by atoms with Crippen molar-refractivity contribution in [2.24, 2.45) is 17.8 Å². The predicted molar refractivity (Wildman–Crippen MR) is 109 cm³/mol. The van der Waals surface area contributed by atoms with Gasteiger partial charge in [-0.2, -0.15) is 0 Å². The van der Waals surface area contributed by atoms with Crippen molar-refractivity contribution in [3.63, 3.8) is 0 Å². The van der Waals surface area contributed by atoms with Gasteiger partial charge in [-0.15, -0.1) is 0 Å². The van der Waals surface area contributed by atoms with Crippen LogP contribution in [0, 0.1) is 17.8 Å². The van der Waals surface area contributed by atoms with Gasteiger partial charge in [-0.3, -0.25) is 24.1 Å². The molecule has 7 heteroatoms. The van der Waals surface area contributed by atoms with E-state index >= 15 is 0 Å². The number of hydrogen-bond donors (Lipinski definition) is 0. The summed E-state index contributed by atoms with van der Waals surface area (Å²) >= 11 is 0. The fraction of sp³-hybridized carbons (Fsp3) is 0.565. The van der Waals surface area contributed by atoms with Gasteiger partial charge >= 0.3 is 5.97 Å². The highest BCUT2D eigenvalue weighted by Crippen LogP contribution is 2.35. The van der Waals surface area contributed by atoms with Gasteiger partial charge in [0.05, 0.1) is 24.2 Å². The average molecular weight is 412 g/mol. The first-order valence-electron chi connectivity index (χ1n) is 10.8. The van der Waals surface area contributed by atoms with Gasteiger partial charge < -0.3 is 9.64 Å². The molecule has 2 aliphatic heterocycles. The molecule has 0 N–H and O–H groups in total. The number of methoxy groups -OCH3 is 1. The van der Waals surface area contributed by atoms with Crippen molar-refractivity contribution in [1.82, 2.24) is 9.80 Å². The van der Waals surface area contributed by atoms with Crippen LogP contribution in [0.15, 0.2) is 24.3 Å². The van der Waals surface area contributed by atoms with E-state index in [9.17, 15) is 19.2 Å². The Kier molecular flexibility index (Phi) is 5.88. The molecule has 0 spiro atoms. The van der Waals surface area contributed by atoms with E-state index in [4.69, 9.17) is 4.74 Å². The number of nitrogens with zero attached hydrogens (tertiary/aromatic N) is 2. The van der Waals surface area contributed by atoms with Crippen molar-refractivity contribution >= 4 is 23.7 Å². The molecule has 3 unspecified atom stereocenters. The molecule has 1 aliphatic carbocycles. The van der Waals surface area contributed by atoms with Crippen LogP contribution in [-0.2, 0) is 14.3 Å². The number of rotatable bonds is 4. The van der Waals surface area contributed by atoms with Crippen LogP contribution in [-0.4, -0.2) is 60.2 Å². The third kappa shape index (κ3) is 3.73. The Bertz CT molecular complexity index is 832. The first kappa shape index (κ1) is 20.6. The molecule has 1 aromatic rings. The minimum Gasteiger partial charge on any atom is -0.469 e. The van der Waals surface area contributed by atoms with Gasteiger partial charge in [-0.05, 0) is 43.7 Å². The van der Waals surface area contributed by atoms with Crippen molar-refractivity contribution in [3.05, 3.63) is 35.4 Å². The smallest absolute Gasteiger partial charge is 0.310 e. The van der Waals surface area contributed by atoms with Gasteiger partial charge in [-0.25, -0.2) is 0 Å². The van der Waals surface area contributed by atoms with E-state index in [1.807, 2.05) is 0 Å². The fourth-order valence-corrected chi connectivity index (χ4v) is 5.16. The lowest BCUT2D eigenvalue weighted by molar-refractivity contribution is -0.150. The number of imide groups is 1. The maximum absolute atomic E-state index is 13.4. The van der Waals surface area contributed by atoms with Gasteiger partial charge in [0.15, 0.2) is 0 Å². The zero-order chi connectivity index (χ0) is 21.3. The number of fused-ring (bicyclic) bond motifs is 1. The minimum atomic E-state index is -0.272. The molecule has 2 fully saturated rings. The predicted octanol–water partition coefficient (Wildman–Crippen LogP) is 2.50. The third-order valence-electron chi connectivity index (χ3n) is 6.79. The van der Waals surface area contributed by atoms with Crippen molar-refractivity contribution in [3.8, 4) is 0 Å². The molecule has 3 atom stereocenters. The summed E-state index contributed by atoms with van der Waals surface area (Å²) in [4.78, 5) is 53.9. The van der Waals surface area contributed by atoms with Crippen LogP contribution < -0.4 is 0 Å². The Morgan fingerprint density at radius 1 is 1.00 bits per heavy atom. The summed E-state index contributed by atoms with van der Waals surface area (Å²) in [7, 11) is 1.38. The molecular formula is C23H28N2O5. The Morgan fingerprint density at radius 2 is 1.67 bits per heavy atom. The monoisotopic (exact) mass is 412 g/mol. The molecule has 0 bridgehead atoms. The molecule has 2 heterocycles. The molecule has 1 saturated heterocycles. The second-order valence-corrected chi connectivity index (χ2v) is 8.56. The molecular weight excluding hydrogens is 384 g/mol. The zero-order valence-electron chi connectivity index (χ0n) is 17.3. The third-order valence-corrected chi connectivity index (χ3v) is 6.79. The van der Waals surface area contributed by atoms with Crippen molar-refractivity contribution in [2.75, 3.05) is 26.7 Å². The first-order valence-corrected chi connectivity index (χ1v) is 10.8. The summed E-state index contributed by atoms with van der Waals surface area (Å²) in [6, 6.07) is 6.88. The summed E-state index contributed by atoms with van der Waals surface area (Å²) in [6.07, 6.45) is 5.04. The highest BCUT2D eigenvalue weighted by molar-refractivity contribution is 6.21. The minimum absolute atomic E-state index is 0.0462. The number of piperidine rings is 1. The van der Waals surface area contributed by atoms with Crippen LogP contribution >= 0.6 is 0 Å². The molecule has 30 heavy (non-hydrogen) atoms. The molecule has 3 amide bonds. The van der Waals surface area contributed by atoms with E-state index < -0.39 is 0 Å². The molecule has 1 saturated carbocycles. The number of carbonyl (C=O) groups is 4. The van der Waals surface area contributed by atoms with Gasteiger partial charge in [0, 0.05) is 25.6 Å². The highest BCUT2D eigenvalue weighted by Gasteiger charge is 2.41. The largest absolute Gasteiger partial charge is 0.469 e. The normalized spacial score (nSPS) is 26.5. The summed E-state index contributed by atoms with van der Waals surface area (Å²) in [6.45, 7) is 1.31. The number of amides is 3. The summed E-state index contributed by atoms with van der Waals surface area (Å²) in [5.41, 5.74) is 0.885. The first-order chi connectivity index (χ1) is 14.5. The summed E-state index contributed by atoms with van der Waals surface area (Å²) < 4.78 is 4.87. The molecule has 160 valence electrons. The molecule has 0 aromatic heterocycles. The number of benzene rings is 1. The topological polar surface area (TPSA) is 84.0 Å². The quantitative estimate of drug-likeness (QED) is 0.560. The van der Waals surface area contributed by atoms with E-state index in [-0.39, 0.29) is 48.0 Å². The Labute approximate surface area is 176 Å². The zero-order valence-corrected chi connectivity index (χ0v) is 17.3. The summed E-state index contributed by atoms with van der Waals surface area (Å²) in [5, 5.41) is 0. The standard InChI is InChI=1S/C23H28N2O5/c1-30-23(29)16-8-6-12-24(13-16)20(26)17-9-3-2-7-15(17)14-25-21(27)18-10-4-5-11-19(18)22(25)28/h4-5,10-11,15-17H,2-3,6-9,12-14H2,1H3. The van der Waals surface area contributed by atoms with Crippen LogP contribution in [0.2, 0.25) is 0 Å². The molecule has 3 aliphatic rings. The SMILES string of the molecule is COC(=O)C1CCCN(C(=O)C2CCCCC2CN2C(=O)c3ccccc3C2=O)C1. The number of hydrogen-bond acceptors (Lipinski definition) is 5. The molecule has 1 aromatic carbocycles. The number of ether oxygens (including phenoxy) is 1. The second-order valence-electron chi connectivity index (χ2n) is 8.56. The molecule has 0 radical (unpaired) electrons. The van der Waals surface area contributed by atoms with Gasteiger partial charge in [-0.1, -0.05) is 25.0 Å². The van der Waals surface area contributed by atoms with Gasteiger partial charge in [0.25, 0.3) is 11.8 Å². The second kappa shape index (κ2) is 8.58. The average Bonchev–Trinajstić information content (AvgIpc) is 3.03. The molecule has 7 nitrogen and oxygen atoms in total. The van der Waals surface area contributed by atoms with Crippen LogP contribution in [0.1, 0.15) is 59.2 Å². The van der Waals surface area contributed by atoms with Crippen LogP contribution in [0.4, 0.5) is 0 Å². The van der Waals surface area contributed by atoms with E-state index in [0.29, 0.717) is 24.2 Å². The van der Waals surface area contributed by atoms with E-state index in [1.54, 1.807) is 29.2 Å². The highest BCUT2D eigenvalue weighted by atomic mass is 16.5. The Morgan fingerprint density at radius 3 is 2.33 bits per heavy atom. The fourth-order valence-electron chi connectivity index (χ4n) is 5.16. The Balaban J connectivity index is 1.47. The van der Waals surface area contributed by atoms with E-state index in [0.717, 1.165) is 38.5 Å². The van der Waals surface area contributed by atoms with E-state index in [1.165, 1.54) is 12.0 Å². The van der Waals surface area contributed by atoms with E-state index in [2.05, 4.69) is 0 Å². The van der Waals surface area contributed by atoms with Gasteiger partial charge in [0.2, 0.25) is 5.91 Å². The van der Waals surface area contributed by atoms with Crippen molar-refractivity contribution in [1.29, 1.82) is 0 Å². The summed E-state index contributed by atoms with van der Waals surface area (Å²) in [5.74, 6) is -1.30. The lowest BCUT2D eigenvalue weighted by Gasteiger charge is -2.38. The Hall–Kier alpha value is -2.70. The lowest BCUT2D eigenvalue weighted by Crippen LogP contribution is -2.49.